The van der Waals surface area contributed by atoms with Gasteiger partial charge in [-0.3, -0.25) is 0 Å². The van der Waals surface area contributed by atoms with Crippen molar-refractivity contribution < 1.29 is 4.42 Å². The van der Waals surface area contributed by atoms with E-state index in [1.165, 1.54) is 16.9 Å². The Labute approximate surface area is 108 Å². The summed E-state index contributed by atoms with van der Waals surface area (Å²) in [5.74, 6) is 0.437. The van der Waals surface area contributed by atoms with Gasteiger partial charge in [0.25, 0.3) is 0 Å². The SMILES string of the molecule is CC(C)c1ccc2oc(=O)c3c(N)scc3c2c1. The molecule has 0 bridgehead atoms. The highest BCUT2D eigenvalue weighted by Gasteiger charge is 2.12. The van der Waals surface area contributed by atoms with Crippen LogP contribution in [0.4, 0.5) is 5.00 Å². The predicted molar refractivity (Wildman–Crippen MR) is 76.4 cm³/mol. The van der Waals surface area contributed by atoms with Gasteiger partial charge in [0.1, 0.15) is 16.0 Å². The molecule has 1 aromatic carbocycles. The number of hydrogen-bond donors (Lipinski definition) is 1. The molecule has 3 nitrogen and oxygen atoms in total. The number of thiophene rings is 1. The Kier molecular flexibility index (Phi) is 2.41. The summed E-state index contributed by atoms with van der Waals surface area (Å²) in [5.41, 5.74) is 7.32. The molecule has 0 aliphatic rings. The number of benzene rings is 1. The first-order chi connectivity index (χ1) is 8.58. The third-order valence-corrected chi connectivity index (χ3v) is 4.00. The normalized spacial score (nSPS) is 11.7. The van der Waals surface area contributed by atoms with Crippen LogP contribution in [0.5, 0.6) is 0 Å². The number of anilines is 1. The zero-order valence-corrected chi connectivity index (χ0v) is 11.0. The topological polar surface area (TPSA) is 56.2 Å². The number of nitrogen functional groups attached to an aromatic ring is 1. The molecule has 0 atom stereocenters. The molecular formula is C14H13NO2S. The Morgan fingerprint density at radius 3 is 2.78 bits per heavy atom. The van der Waals surface area contributed by atoms with Gasteiger partial charge in [0.15, 0.2) is 0 Å². The minimum Gasteiger partial charge on any atom is -0.422 e. The maximum Gasteiger partial charge on any atom is 0.347 e. The Bertz CT molecular complexity index is 799. The van der Waals surface area contributed by atoms with Crippen LogP contribution in [0.15, 0.2) is 32.8 Å². The van der Waals surface area contributed by atoms with Crippen molar-refractivity contribution >= 4 is 38.1 Å². The standard InChI is InChI=1S/C14H13NO2S/c1-7(2)8-3-4-11-9(5-8)10-6-18-13(15)12(10)14(16)17-11/h3-7H,15H2,1-2H3. The minimum atomic E-state index is -0.353. The van der Waals surface area contributed by atoms with Crippen molar-refractivity contribution in [1.82, 2.24) is 0 Å². The third-order valence-electron chi connectivity index (χ3n) is 3.19. The molecule has 18 heavy (non-hydrogen) atoms. The molecule has 3 aromatic rings. The summed E-state index contributed by atoms with van der Waals surface area (Å²) in [6.45, 7) is 4.28. The van der Waals surface area contributed by atoms with Crippen molar-refractivity contribution in [1.29, 1.82) is 0 Å². The zero-order chi connectivity index (χ0) is 12.9. The highest BCUT2D eigenvalue weighted by atomic mass is 32.1. The van der Waals surface area contributed by atoms with Crippen molar-refractivity contribution in [3.63, 3.8) is 0 Å². The van der Waals surface area contributed by atoms with Crippen molar-refractivity contribution in [3.8, 4) is 0 Å². The van der Waals surface area contributed by atoms with Crippen LogP contribution in [-0.4, -0.2) is 0 Å². The third kappa shape index (κ3) is 1.53. The first-order valence-corrected chi connectivity index (χ1v) is 6.69. The van der Waals surface area contributed by atoms with Crippen LogP contribution in [-0.2, 0) is 0 Å². The smallest absolute Gasteiger partial charge is 0.347 e. The van der Waals surface area contributed by atoms with Crippen molar-refractivity contribution in [3.05, 3.63) is 39.6 Å². The fourth-order valence-corrected chi connectivity index (χ4v) is 2.94. The van der Waals surface area contributed by atoms with E-state index in [-0.39, 0.29) is 5.63 Å². The Morgan fingerprint density at radius 1 is 1.28 bits per heavy atom. The Morgan fingerprint density at radius 2 is 2.06 bits per heavy atom. The van der Waals surface area contributed by atoms with Gasteiger partial charge in [-0.2, -0.15) is 0 Å². The molecular weight excluding hydrogens is 246 g/mol. The Balaban J connectivity index is 2.50. The molecule has 2 aromatic heterocycles. The molecule has 0 saturated heterocycles. The summed E-state index contributed by atoms with van der Waals surface area (Å²) in [4.78, 5) is 11.9. The van der Waals surface area contributed by atoms with E-state index in [2.05, 4.69) is 19.9 Å². The van der Waals surface area contributed by atoms with Gasteiger partial charge < -0.3 is 10.2 Å². The van der Waals surface area contributed by atoms with Crippen molar-refractivity contribution in [2.45, 2.75) is 19.8 Å². The van der Waals surface area contributed by atoms with Gasteiger partial charge in [-0.05, 0) is 23.6 Å². The predicted octanol–water partition coefficient (Wildman–Crippen LogP) is 3.71. The molecule has 0 spiro atoms. The lowest BCUT2D eigenvalue weighted by atomic mass is 10.0. The average Bonchev–Trinajstić information content (AvgIpc) is 2.72. The molecule has 2 heterocycles. The van der Waals surface area contributed by atoms with E-state index in [1.807, 2.05) is 17.5 Å². The molecule has 0 aliphatic heterocycles. The lowest BCUT2D eigenvalue weighted by Gasteiger charge is -2.06. The first-order valence-electron chi connectivity index (χ1n) is 5.81. The Hall–Kier alpha value is -1.81. The highest BCUT2D eigenvalue weighted by Crippen LogP contribution is 2.32. The van der Waals surface area contributed by atoms with E-state index in [1.54, 1.807) is 0 Å². The quantitative estimate of drug-likeness (QED) is 0.678. The van der Waals surface area contributed by atoms with Gasteiger partial charge in [0.05, 0.1) is 0 Å². The van der Waals surface area contributed by atoms with E-state index < -0.39 is 0 Å². The number of fused-ring (bicyclic) bond motifs is 3. The van der Waals surface area contributed by atoms with Crippen molar-refractivity contribution in [2.24, 2.45) is 0 Å². The van der Waals surface area contributed by atoms with Crippen LogP contribution in [0, 0.1) is 0 Å². The summed E-state index contributed by atoms with van der Waals surface area (Å²) in [6.07, 6.45) is 0. The monoisotopic (exact) mass is 259 g/mol. The molecule has 0 radical (unpaired) electrons. The first kappa shape index (κ1) is 11.3. The van der Waals surface area contributed by atoms with Gasteiger partial charge in [-0.1, -0.05) is 19.9 Å². The fourth-order valence-electron chi connectivity index (χ4n) is 2.14. The lowest BCUT2D eigenvalue weighted by Crippen LogP contribution is -2.00. The highest BCUT2D eigenvalue weighted by molar-refractivity contribution is 7.16. The summed E-state index contributed by atoms with van der Waals surface area (Å²) in [7, 11) is 0. The molecule has 3 rings (SSSR count). The molecule has 0 amide bonds. The minimum absolute atomic E-state index is 0.353. The van der Waals surface area contributed by atoms with Crippen LogP contribution in [0.1, 0.15) is 25.3 Å². The van der Waals surface area contributed by atoms with E-state index >= 15 is 0 Å². The molecule has 0 unspecified atom stereocenters. The van der Waals surface area contributed by atoms with E-state index in [0.717, 1.165) is 10.8 Å². The molecule has 92 valence electrons. The van der Waals surface area contributed by atoms with Gasteiger partial charge >= 0.3 is 5.63 Å². The second kappa shape index (κ2) is 3.85. The molecule has 2 N–H and O–H groups in total. The summed E-state index contributed by atoms with van der Waals surface area (Å²) in [5, 5.41) is 4.81. The molecule has 0 fully saturated rings. The van der Waals surface area contributed by atoms with Gasteiger partial charge in [-0.25, -0.2) is 4.79 Å². The largest absolute Gasteiger partial charge is 0.422 e. The number of rotatable bonds is 1. The fraction of sp³-hybridized carbons (Fsp3) is 0.214. The summed E-state index contributed by atoms with van der Waals surface area (Å²) >= 11 is 1.38. The molecule has 0 saturated carbocycles. The zero-order valence-electron chi connectivity index (χ0n) is 10.2. The van der Waals surface area contributed by atoms with Crippen molar-refractivity contribution in [2.75, 3.05) is 5.73 Å². The average molecular weight is 259 g/mol. The second-order valence-corrected chi connectivity index (χ2v) is 5.60. The summed E-state index contributed by atoms with van der Waals surface area (Å²) in [6, 6.07) is 5.94. The van der Waals surface area contributed by atoms with E-state index in [0.29, 0.717) is 21.9 Å². The maximum absolute atomic E-state index is 11.9. The van der Waals surface area contributed by atoms with Gasteiger partial charge in [0.2, 0.25) is 0 Å². The van der Waals surface area contributed by atoms with E-state index in [4.69, 9.17) is 10.2 Å². The number of hydrogen-bond acceptors (Lipinski definition) is 4. The number of nitrogens with two attached hydrogens (primary N) is 1. The molecule has 0 aliphatic carbocycles. The van der Waals surface area contributed by atoms with Gasteiger partial charge in [0, 0.05) is 16.2 Å². The lowest BCUT2D eigenvalue weighted by molar-refractivity contribution is 0.570. The van der Waals surface area contributed by atoms with Gasteiger partial charge in [-0.15, -0.1) is 11.3 Å². The second-order valence-electron chi connectivity index (χ2n) is 4.69. The van der Waals surface area contributed by atoms with Crippen LogP contribution in [0.2, 0.25) is 0 Å². The van der Waals surface area contributed by atoms with Crippen LogP contribution in [0.3, 0.4) is 0 Å². The van der Waals surface area contributed by atoms with Crippen LogP contribution in [0.25, 0.3) is 21.7 Å². The molecule has 4 heteroatoms. The summed E-state index contributed by atoms with van der Waals surface area (Å²) < 4.78 is 5.32. The van der Waals surface area contributed by atoms with Crippen LogP contribution >= 0.6 is 11.3 Å². The van der Waals surface area contributed by atoms with Crippen LogP contribution < -0.4 is 11.4 Å². The van der Waals surface area contributed by atoms with E-state index in [9.17, 15) is 4.79 Å². The maximum atomic E-state index is 11.9.